The number of hydrogen-bond donors (Lipinski definition) is 0. The van der Waals surface area contributed by atoms with Crippen LogP contribution in [0.4, 0.5) is 0 Å². The zero-order valence-electron chi connectivity index (χ0n) is 7.97. The van der Waals surface area contributed by atoms with Gasteiger partial charge in [0.2, 0.25) is 0 Å². The lowest BCUT2D eigenvalue weighted by atomic mass is 10.0. The van der Waals surface area contributed by atoms with Gasteiger partial charge in [-0.1, -0.05) is 23.2 Å². The summed E-state index contributed by atoms with van der Waals surface area (Å²) >= 11 is 12.0. The molecule has 1 aromatic rings. The van der Waals surface area contributed by atoms with Crippen molar-refractivity contribution in [1.82, 2.24) is 0 Å². The fraction of sp³-hybridized carbons (Fsp3) is 0.300. The van der Waals surface area contributed by atoms with Crippen LogP contribution in [0.25, 0.3) is 0 Å². The molecule has 0 unspecified atom stereocenters. The predicted octanol–water partition coefficient (Wildman–Crippen LogP) is 2.97. The molecular weight excluding hydrogens is 239 g/mol. The maximum absolute atomic E-state index is 11.6. The van der Waals surface area contributed by atoms with Gasteiger partial charge >= 0.3 is 0 Å². The molecule has 15 heavy (non-hydrogen) atoms. The summed E-state index contributed by atoms with van der Waals surface area (Å²) in [6.07, 6.45) is 0.316. The summed E-state index contributed by atoms with van der Waals surface area (Å²) in [6.45, 7) is 0.341. The fourth-order valence-corrected chi connectivity index (χ4v) is 2.07. The highest BCUT2D eigenvalue weighted by atomic mass is 35.5. The number of methoxy groups -OCH3 is 1. The van der Waals surface area contributed by atoms with Crippen LogP contribution >= 0.6 is 23.2 Å². The molecule has 0 saturated heterocycles. The Morgan fingerprint density at radius 1 is 1.47 bits per heavy atom. The second-order valence-electron chi connectivity index (χ2n) is 3.10. The van der Waals surface area contributed by atoms with Crippen LogP contribution in [0.3, 0.4) is 0 Å². The molecule has 3 nitrogen and oxygen atoms in total. The number of carbonyl (C=O) groups excluding carboxylic acids is 1. The first-order chi connectivity index (χ1) is 7.15. The quantitative estimate of drug-likeness (QED) is 0.765. The van der Waals surface area contributed by atoms with Crippen molar-refractivity contribution in [3.8, 4) is 11.5 Å². The SMILES string of the molecule is COc1cc(Cl)c2c(c1Cl)C(=O)CCO2. The van der Waals surface area contributed by atoms with Gasteiger partial charge in [-0.3, -0.25) is 4.79 Å². The van der Waals surface area contributed by atoms with Gasteiger partial charge in [-0.2, -0.15) is 0 Å². The lowest BCUT2D eigenvalue weighted by Gasteiger charge is -2.19. The smallest absolute Gasteiger partial charge is 0.171 e. The standard InChI is InChI=1S/C10H8Cl2O3/c1-14-7-4-5(11)10-8(9(7)12)6(13)2-3-15-10/h4H,2-3H2,1H3. The maximum atomic E-state index is 11.6. The van der Waals surface area contributed by atoms with Gasteiger partial charge in [0.1, 0.15) is 11.5 Å². The van der Waals surface area contributed by atoms with Gasteiger partial charge in [0, 0.05) is 12.5 Å². The van der Waals surface area contributed by atoms with Gasteiger partial charge in [0.25, 0.3) is 0 Å². The Balaban J connectivity index is 2.69. The highest BCUT2D eigenvalue weighted by molar-refractivity contribution is 6.38. The summed E-state index contributed by atoms with van der Waals surface area (Å²) in [4.78, 5) is 11.6. The van der Waals surface area contributed by atoms with Gasteiger partial charge in [-0.05, 0) is 0 Å². The zero-order valence-corrected chi connectivity index (χ0v) is 9.48. The minimum atomic E-state index is -0.0675. The molecule has 0 atom stereocenters. The van der Waals surface area contributed by atoms with Crippen molar-refractivity contribution < 1.29 is 14.3 Å². The third-order valence-corrected chi connectivity index (χ3v) is 2.87. The number of fused-ring (bicyclic) bond motifs is 1. The Kier molecular flexibility index (Phi) is 2.76. The molecule has 1 heterocycles. The Bertz CT molecular complexity index is 429. The number of ether oxygens (including phenoxy) is 2. The van der Waals surface area contributed by atoms with Crippen LogP contribution in [0, 0.1) is 0 Å². The van der Waals surface area contributed by atoms with E-state index in [9.17, 15) is 4.79 Å². The second-order valence-corrected chi connectivity index (χ2v) is 3.89. The van der Waals surface area contributed by atoms with Gasteiger partial charge < -0.3 is 9.47 Å². The third-order valence-electron chi connectivity index (χ3n) is 2.21. The van der Waals surface area contributed by atoms with Crippen LogP contribution in [0.1, 0.15) is 16.8 Å². The van der Waals surface area contributed by atoms with Crippen molar-refractivity contribution >= 4 is 29.0 Å². The van der Waals surface area contributed by atoms with Crippen molar-refractivity contribution in [2.75, 3.05) is 13.7 Å². The normalized spacial score (nSPS) is 14.5. The molecule has 1 aliphatic rings. The molecule has 0 aromatic heterocycles. The fourth-order valence-electron chi connectivity index (χ4n) is 1.50. The van der Waals surface area contributed by atoms with Crippen LogP contribution in [0.2, 0.25) is 10.0 Å². The summed E-state index contributed by atoms with van der Waals surface area (Å²) < 4.78 is 10.3. The van der Waals surface area contributed by atoms with Crippen molar-refractivity contribution in [2.24, 2.45) is 0 Å². The molecule has 0 bridgehead atoms. The molecule has 5 heteroatoms. The zero-order chi connectivity index (χ0) is 11.0. The first-order valence-corrected chi connectivity index (χ1v) is 5.12. The molecule has 0 aliphatic carbocycles. The van der Waals surface area contributed by atoms with Crippen molar-refractivity contribution in [1.29, 1.82) is 0 Å². The first kappa shape index (κ1) is 10.6. The summed E-state index contributed by atoms with van der Waals surface area (Å²) in [5, 5.41) is 0.612. The van der Waals surface area contributed by atoms with Crippen LogP contribution in [0.5, 0.6) is 11.5 Å². The Hall–Kier alpha value is -0.930. The Morgan fingerprint density at radius 2 is 2.20 bits per heavy atom. The van der Waals surface area contributed by atoms with E-state index >= 15 is 0 Å². The molecule has 1 aromatic carbocycles. The van der Waals surface area contributed by atoms with E-state index in [-0.39, 0.29) is 10.8 Å². The highest BCUT2D eigenvalue weighted by Crippen LogP contribution is 2.42. The van der Waals surface area contributed by atoms with E-state index in [1.807, 2.05) is 0 Å². The van der Waals surface area contributed by atoms with Crippen LogP contribution in [0.15, 0.2) is 6.07 Å². The largest absolute Gasteiger partial charge is 0.495 e. The van der Waals surface area contributed by atoms with Gasteiger partial charge in [0.05, 0.1) is 29.3 Å². The van der Waals surface area contributed by atoms with Crippen molar-refractivity contribution in [3.05, 3.63) is 21.7 Å². The van der Waals surface area contributed by atoms with E-state index in [0.29, 0.717) is 35.1 Å². The molecular formula is C10H8Cl2O3. The minimum Gasteiger partial charge on any atom is -0.495 e. The summed E-state index contributed by atoms with van der Waals surface area (Å²) in [7, 11) is 1.47. The average molecular weight is 247 g/mol. The lowest BCUT2D eigenvalue weighted by molar-refractivity contribution is 0.0933. The maximum Gasteiger partial charge on any atom is 0.171 e. The van der Waals surface area contributed by atoms with E-state index in [0.717, 1.165) is 0 Å². The Morgan fingerprint density at radius 3 is 2.87 bits per heavy atom. The summed E-state index contributed by atoms with van der Waals surface area (Å²) in [5.74, 6) is 0.681. The number of rotatable bonds is 1. The number of Topliss-reactive ketones (excluding diaryl/α,β-unsaturated/α-hetero) is 1. The van der Waals surface area contributed by atoms with Crippen LogP contribution in [-0.4, -0.2) is 19.5 Å². The predicted molar refractivity (Wildman–Crippen MR) is 57.5 cm³/mol. The molecule has 0 amide bonds. The van der Waals surface area contributed by atoms with E-state index in [1.54, 1.807) is 6.07 Å². The van der Waals surface area contributed by atoms with Gasteiger partial charge in [-0.15, -0.1) is 0 Å². The molecule has 0 N–H and O–H groups in total. The van der Waals surface area contributed by atoms with Crippen LogP contribution < -0.4 is 9.47 Å². The van der Waals surface area contributed by atoms with E-state index in [2.05, 4.69) is 0 Å². The topological polar surface area (TPSA) is 35.5 Å². The molecule has 2 rings (SSSR count). The van der Waals surface area contributed by atoms with Crippen molar-refractivity contribution in [3.63, 3.8) is 0 Å². The molecule has 1 aliphatic heterocycles. The summed E-state index contributed by atoms with van der Waals surface area (Å²) in [6, 6.07) is 1.54. The average Bonchev–Trinajstić information content (AvgIpc) is 2.23. The van der Waals surface area contributed by atoms with Gasteiger partial charge in [0.15, 0.2) is 5.78 Å². The number of ketones is 1. The van der Waals surface area contributed by atoms with E-state index in [1.165, 1.54) is 7.11 Å². The van der Waals surface area contributed by atoms with E-state index < -0.39 is 0 Å². The number of benzene rings is 1. The first-order valence-electron chi connectivity index (χ1n) is 4.37. The minimum absolute atomic E-state index is 0.0675. The lowest BCUT2D eigenvalue weighted by Crippen LogP contribution is -2.16. The van der Waals surface area contributed by atoms with Crippen LogP contribution in [-0.2, 0) is 0 Å². The second kappa shape index (κ2) is 3.91. The molecule has 0 spiro atoms. The van der Waals surface area contributed by atoms with E-state index in [4.69, 9.17) is 32.7 Å². The van der Waals surface area contributed by atoms with Gasteiger partial charge in [-0.25, -0.2) is 0 Å². The monoisotopic (exact) mass is 246 g/mol. The number of halogens is 2. The molecule has 80 valence electrons. The third kappa shape index (κ3) is 1.66. The Labute approximate surface area is 96.9 Å². The van der Waals surface area contributed by atoms with Crippen molar-refractivity contribution in [2.45, 2.75) is 6.42 Å². The highest BCUT2D eigenvalue weighted by Gasteiger charge is 2.26. The molecule has 0 fully saturated rings. The number of hydrogen-bond acceptors (Lipinski definition) is 3. The molecule has 0 saturated carbocycles. The number of carbonyl (C=O) groups is 1. The summed E-state index contributed by atoms with van der Waals surface area (Å²) in [5.41, 5.74) is 0.326. The molecule has 0 radical (unpaired) electrons.